The third-order valence-electron chi connectivity index (χ3n) is 11.1. The van der Waals surface area contributed by atoms with Crippen molar-refractivity contribution >= 4 is 57.4 Å². The summed E-state index contributed by atoms with van der Waals surface area (Å²) >= 11 is 0. The molecule has 6 rings (SSSR count). The molecule has 384 valence electrons. The zero-order valence-electron chi connectivity index (χ0n) is 41.3. The van der Waals surface area contributed by atoms with E-state index >= 15 is 0 Å². The van der Waals surface area contributed by atoms with Gasteiger partial charge in [-0.15, -0.1) is 0 Å². The number of ether oxygens (including phenoxy) is 9. The standard InChI is InChI=1S/C59H58O15/c1-5-15-44-38-50(73-57(63)45-18-16-42-36-48(23-20-40(42)34-45)66-28-11-9-10-12-29-69-54(60)6-2)25-27-51(44)74-59(65)46-19-17-43-37-49(24-21-41(43)35-46)72-58(64)47-22-26-52(67-30-13-32-70-55(61)7-3)53(39-47)68-31-14-33-71-56(62)8-4/h6-8,16-27,34-39H,2-5,9-15,28-33H2,1H3. The van der Waals surface area contributed by atoms with Crippen LogP contribution in [0.3, 0.4) is 0 Å². The molecule has 0 aromatic heterocycles. The van der Waals surface area contributed by atoms with E-state index < -0.39 is 35.8 Å². The van der Waals surface area contributed by atoms with E-state index in [9.17, 15) is 28.8 Å². The second-order valence-corrected chi connectivity index (χ2v) is 16.6. The van der Waals surface area contributed by atoms with Crippen molar-refractivity contribution in [1.82, 2.24) is 0 Å². The molecule has 0 aliphatic heterocycles. The van der Waals surface area contributed by atoms with Gasteiger partial charge < -0.3 is 42.6 Å². The minimum Gasteiger partial charge on any atom is -0.494 e. The Morgan fingerprint density at radius 3 is 1.39 bits per heavy atom. The highest BCUT2D eigenvalue weighted by atomic mass is 16.6. The van der Waals surface area contributed by atoms with E-state index in [0.717, 1.165) is 66.9 Å². The normalized spacial score (nSPS) is 10.7. The molecule has 74 heavy (non-hydrogen) atoms. The number of fused-ring (bicyclic) bond motifs is 2. The molecule has 0 saturated carbocycles. The van der Waals surface area contributed by atoms with Crippen LogP contribution in [0, 0.1) is 0 Å². The largest absolute Gasteiger partial charge is 0.494 e. The molecule has 0 radical (unpaired) electrons. The summed E-state index contributed by atoms with van der Waals surface area (Å²) in [6.07, 6.45) is 8.84. The van der Waals surface area contributed by atoms with Crippen LogP contribution in [0.4, 0.5) is 0 Å². The zero-order valence-corrected chi connectivity index (χ0v) is 41.3. The number of carbonyl (C=O) groups excluding carboxylic acids is 6. The molecule has 0 N–H and O–H groups in total. The SMILES string of the molecule is C=CC(=O)OCCCCCCOc1ccc2cc(C(=O)Oc3ccc(OC(=O)c4ccc5cc(OC(=O)c6ccc(OCCCOC(=O)C=C)c(OCCCOC(=O)C=C)c6)ccc5c4)c(CCC)c3)ccc2c1. The Bertz CT molecular complexity index is 2990. The van der Waals surface area contributed by atoms with Gasteiger partial charge in [0.15, 0.2) is 11.5 Å². The van der Waals surface area contributed by atoms with Crippen molar-refractivity contribution < 1.29 is 71.4 Å². The van der Waals surface area contributed by atoms with Gasteiger partial charge >= 0.3 is 35.8 Å². The lowest BCUT2D eigenvalue weighted by molar-refractivity contribution is -0.138. The Labute approximate surface area is 429 Å². The molecular formula is C59H58O15. The molecule has 0 spiro atoms. The lowest BCUT2D eigenvalue weighted by Gasteiger charge is -2.14. The first-order valence-electron chi connectivity index (χ1n) is 24.2. The Kier molecular flexibility index (Phi) is 20.9. The molecule has 0 bridgehead atoms. The van der Waals surface area contributed by atoms with Gasteiger partial charge in [0, 0.05) is 31.1 Å². The van der Waals surface area contributed by atoms with Crippen molar-refractivity contribution in [3.63, 3.8) is 0 Å². The number of unbranched alkanes of at least 4 members (excludes halogenated alkanes) is 3. The molecule has 0 heterocycles. The third kappa shape index (κ3) is 16.7. The van der Waals surface area contributed by atoms with Gasteiger partial charge in [0.1, 0.15) is 23.0 Å². The molecule has 6 aromatic rings. The van der Waals surface area contributed by atoms with Crippen molar-refractivity contribution in [2.24, 2.45) is 0 Å². The van der Waals surface area contributed by atoms with E-state index in [2.05, 4.69) is 19.7 Å². The summed E-state index contributed by atoms with van der Waals surface area (Å²) in [6, 6.07) is 30.5. The average Bonchev–Trinajstić information content (AvgIpc) is 3.41. The highest BCUT2D eigenvalue weighted by Crippen LogP contribution is 2.32. The molecular weight excluding hydrogens is 949 g/mol. The summed E-state index contributed by atoms with van der Waals surface area (Å²) in [7, 11) is 0. The molecule has 0 fully saturated rings. The van der Waals surface area contributed by atoms with E-state index in [1.807, 2.05) is 31.2 Å². The Balaban J connectivity index is 1.03. The van der Waals surface area contributed by atoms with Crippen LogP contribution in [0.25, 0.3) is 21.5 Å². The number of hydrogen-bond acceptors (Lipinski definition) is 15. The van der Waals surface area contributed by atoms with Crippen LogP contribution in [-0.4, -0.2) is 75.5 Å². The van der Waals surface area contributed by atoms with Crippen LogP contribution in [0.2, 0.25) is 0 Å². The molecule has 0 aliphatic rings. The van der Waals surface area contributed by atoms with Crippen molar-refractivity contribution in [3.05, 3.63) is 169 Å². The number of carbonyl (C=O) groups is 6. The van der Waals surface area contributed by atoms with Gasteiger partial charge in [0.2, 0.25) is 0 Å². The maximum absolute atomic E-state index is 13.5. The van der Waals surface area contributed by atoms with Crippen molar-refractivity contribution in [2.45, 2.75) is 58.3 Å². The fourth-order valence-electron chi connectivity index (χ4n) is 7.32. The first kappa shape index (κ1) is 54.6. The summed E-state index contributed by atoms with van der Waals surface area (Å²) in [4.78, 5) is 74.2. The predicted molar refractivity (Wildman–Crippen MR) is 277 cm³/mol. The highest BCUT2D eigenvalue weighted by molar-refractivity contribution is 5.98. The predicted octanol–water partition coefficient (Wildman–Crippen LogP) is 11.3. The molecule has 15 heteroatoms. The third-order valence-corrected chi connectivity index (χ3v) is 11.1. The summed E-state index contributed by atoms with van der Waals surface area (Å²) in [5.41, 5.74) is 1.52. The van der Waals surface area contributed by atoms with Crippen LogP contribution >= 0.6 is 0 Å². The molecule has 0 aliphatic carbocycles. The Hall–Kier alpha value is -8.72. The second kappa shape index (κ2) is 28.4. The topological polar surface area (TPSA) is 185 Å². The molecule has 0 unspecified atom stereocenters. The van der Waals surface area contributed by atoms with Crippen LogP contribution in [0.5, 0.6) is 34.5 Å². The molecule has 0 amide bonds. The van der Waals surface area contributed by atoms with Crippen LogP contribution in [-0.2, 0) is 35.0 Å². The average molecular weight is 1010 g/mol. The van der Waals surface area contributed by atoms with E-state index in [0.29, 0.717) is 77.2 Å². The van der Waals surface area contributed by atoms with Crippen molar-refractivity contribution in [2.75, 3.05) is 39.6 Å². The summed E-state index contributed by atoms with van der Waals surface area (Å²) < 4.78 is 50.1. The number of hydrogen-bond donors (Lipinski definition) is 0. The van der Waals surface area contributed by atoms with Crippen molar-refractivity contribution in [1.29, 1.82) is 0 Å². The summed E-state index contributed by atoms with van der Waals surface area (Å²) in [6.45, 7) is 13.6. The van der Waals surface area contributed by atoms with E-state index in [-0.39, 0.29) is 43.5 Å². The van der Waals surface area contributed by atoms with Gasteiger partial charge in [-0.05, 0) is 144 Å². The van der Waals surface area contributed by atoms with Gasteiger partial charge in [0.25, 0.3) is 0 Å². The Morgan fingerprint density at radius 1 is 0.392 bits per heavy atom. The van der Waals surface area contributed by atoms with Crippen LogP contribution in [0.15, 0.2) is 147 Å². The van der Waals surface area contributed by atoms with Gasteiger partial charge in [0.05, 0.1) is 56.3 Å². The maximum atomic E-state index is 13.5. The lowest BCUT2D eigenvalue weighted by atomic mass is 10.1. The quantitative estimate of drug-likeness (QED) is 0.0142. The first-order valence-corrected chi connectivity index (χ1v) is 24.2. The van der Waals surface area contributed by atoms with Crippen LogP contribution in [0.1, 0.15) is 88.5 Å². The number of rotatable bonds is 29. The fraction of sp³-hybridized carbons (Fsp3) is 0.254. The second-order valence-electron chi connectivity index (χ2n) is 16.6. The lowest BCUT2D eigenvalue weighted by Crippen LogP contribution is -2.12. The highest BCUT2D eigenvalue weighted by Gasteiger charge is 2.18. The monoisotopic (exact) mass is 1010 g/mol. The number of benzene rings is 6. The number of esters is 6. The molecule has 6 aromatic carbocycles. The van der Waals surface area contributed by atoms with E-state index in [4.69, 9.17) is 42.6 Å². The molecule has 0 atom stereocenters. The molecule has 0 saturated heterocycles. The van der Waals surface area contributed by atoms with Gasteiger partial charge in [-0.3, -0.25) is 0 Å². The minimum atomic E-state index is -0.668. The van der Waals surface area contributed by atoms with E-state index in [1.54, 1.807) is 72.8 Å². The number of aryl methyl sites for hydroxylation is 1. The first-order chi connectivity index (χ1) is 36.0. The summed E-state index contributed by atoms with van der Waals surface area (Å²) in [5.74, 6) is -1.09. The molecule has 15 nitrogen and oxygen atoms in total. The van der Waals surface area contributed by atoms with E-state index in [1.165, 1.54) is 12.1 Å². The van der Waals surface area contributed by atoms with Gasteiger partial charge in [-0.25, -0.2) is 28.8 Å². The van der Waals surface area contributed by atoms with Crippen molar-refractivity contribution in [3.8, 4) is 34.5 Å². The Morgan fingerprint density at radius 2 is 0.811 bits per heavy atom. The zero-order chi connectivity index (χ0) is 52.7. The fourth-order valence-corrected chi connectivity index (χ4v) is 7.32. The smallest absolute Gasteiger partial charge is 0.343 e. The maximum Gasteiger partial charge on any atom is 0.343 e. The summed E-state index contributed by atoms with van der Waals surface area (Å²) in [5, 5.41) is 3.14. The van der Waals surface area contributed by atoms with Gasteiger partial charge in [-0.1, -0.05) is 57.3 Å². The van der Waals surface area contributed by atoms with Gasteiger partial charge in [-0.2, -0.15) is 0 Å². The minimum absolute atomic E-state index is 0.0929. The van der Waals surface area contributed by atoms with Crippen LogP contribution < -0.4 is 28.4 Å².